The average Bonchev–Trinajstić information content (AvgIpc) is 3.03. The summed E-state index contributed by atoms with van der Waals surface area (Å²) < 4.78 is 18.9. The Hall–Kier alpha value is -2.11. The number of rotatable bonds is 32. The Morgan fingerprint density at radius 3 is 1.20 bits per heavy atom. The summed E-state index contributed by atoms with van der Waals surface area (Å²) in [4.78, 5) is 12.6. The fourth-order valence-corrected chi connectivity index (χ4v) is 5.84. The van der Waals surface area contributed by atoms with Crippen LogP contribution in [0, 0.1) is 0 Å². The molecule has 0 aliphatic heterocycles. The third kappa shape index (κ3) is 18.0. The molecule has 0 saturated heterocycles. The van der Waals surface area contributed by atoms with Crippen LogP contribution in [0.3, 0.4) is 0 Å². The number of carboxylic acids is 1. The maximum absolute atomic E-state index is 12.6. The summed E-state index contributed by atoms with van der Waals surface area (Å²) in [7, 11) is 0. The molecule has 45 heavy (non-hydrogen) atoms. The van der Waals surface area contributed by atoms with Gasteiger partial charge in [-0.3, -0.25) is 0 Å². The van der Waals surface area contributed by atoms with Crippen LogP contribution in [0.5, 0.6) is 23.0 Å². The van der Waals surface area contributed by atoms with Gasteiger partial charge in [0.05, 0.1) is 19.8 Å². The lowest BCUT2D eigenvalue weighted by Crippen LogP contribution is -2.13. The van der Waals surface area contributed by atoms with Crippen LogP contribution >= 0.6 is 0 Å². The van der Waals surface area contributed by atoms with Crippen LogP contribution in [0.25, 0.3) is 0 Å². The lowest BCUT2D eigenvalue weighted by molar-refractivity contribution is 0.0686. The SMILES string of the molecule is CCCCCCCCCOc1c(CCCCCCC)c(OCCCCCCC)c(O)c(C(=O)O)c1OCCCCCCCCC. The van der Waals surface area contributed by atoms with Crippen LogP contribution in [-0.4, -0.2) is 36.0 Å². The lowest BCUT2D eigenvalue weighted by atomic mass is 9.99. The van der Waals surface area contributed by atoms with Gasteiger partial charge in [-0.25, -0.2) is 4.79 Å². The topological polar surface area (TPSA) is 85.2 Å². The monoisotopic (exact) mass is 635 g/mol. The van der Waals surface area contributed by atoms with Gasteiger partial charge in [0.2, 0.25) is 0 Å². The molecule has 0 aliphatic carbocycles. The Balaban J connectivity index is 3.26. The third-order valence-corrected chi connectivity index (χ3v) is 8.66. The number of aromatic carboxylic acids is 1. The molecular formula is C39H70O6. The molecule has 0 atom stereocenters. The van der Waals surface area contributed by atoms with Crippen molar-refractivity contribution in [3.05, 3.63) is 11.1 Å². The molecule has 0 radical (unpaired) electrons. The van der Waals surface area contributed by atoms with Crippen molar-refractivity contribution in [2.24, 2.45) is 0 Å². The molecule has 1 rings (SSSR count). The summed E-state index contributed by atoms with van der Waals surface area (Å²) in [6, 6.07) is 0. The molecule has 6 heteroatoms. The van der Waals surface area contributed by atoms with E-state index in [1.54, 1.807) is 0 Å². The van der Waals surface area contributed by atoms with Crippen LogP contribution in [0.2, 0.25) is 0 Å². The molecule has 2 N–H and O–H groups in total. The molecule has 1 aromatic rings. The van der Waals surface area contributed by atoms with Crippen LogP contribution in [-0.2, 0) is 6.42 Å². The van der Waals surface area contributed by atoms with Crippen LogP contribution in [0.15, 0.2) is 0 Å². The summed E-state index contributed by atoms with van der Waals surface area (Å²) in [5, 5.41) is 21.7. The van der Waals surface area contributed by atoms with Gasteiger partial charge in [0, 0.05) is 5.56 Å². The van der Waals surface area contributed by atoms with Crippen molar-refractivity contribution in [1.82, 2.24) is 0 Å². The molecule has 0 unspecified atom stereocenters. The minimum Gasteiger partial charge on any atom is -0.504 e. The lowest BCUT2D eigenvalue weighted by Gasteiger charge is -2.23. The van der Waals surface area contributed by atoms with Crippen LogP contribution < -0.4 is 14.2 Å². The predicted octanol–water partition coefficient (Wildman–Crippen LogP) is 12.2. The largest absolute Gasteiger partial charge is 0.504 e. The van der Waals surface area contributed by atoms with Crippen LogP contribution in [0.4, 0.5) is 0 Å². The highest BCUT2D eigenvalue weighted by Crippen LogP contribution is 2.49. The van der Waals surface area contributed by atoms with E-state index in [-0.39, 0.29) is 22.8 Å². The van der Waals surface area contributed by atoms with Crippen molar-refractivity contribution in [1.29, 1.82) is 0 Å². The number of carboxylic acid groups (broad SMARTS) is 1. The van der Waals surface area contributed by atoms with E-state index in [0.717, 1.165) is 76.2 Å². The zero-order chi connectivity index (χ0) is 33.0. The van der Waals surface area contributed by atoms with Gasteiger partial charge in [-0.1, -0.05) is 156 Å². The third-order valence-electron chi connectivity index (χ3n) is 8.66. The van der Waals surface area contributed by atoms with Gasteiger partial charge < -0.3 is 24.4 Å². The van der Waals surface area contributed by atoms with Crippen molar-refractivity contribution in [2.75, 3.05) is 19.8 Å². The quantitative estimate of drug-likeness (QED) is 0.0767. The number of benzene rings is 1. The molecule has 0 fully saturated rings. The highest BCUT2D eigenvalue weighted by atomic mass is 16.5. The minimum absolute atomic E-state index is 0.174. The number of hydrogen-bond donors (Lipinski definition) is 2. The second kappa shape index (κ2) is 28.1. The molecular weight excluding hydrogens is 564 g/mol. The maximum atomic E-state index is 12.6. The Morgan fingerprint density at radius 1 is 0.467 bits per heavy atom. The van der Waals surface area contributed by atoms with Crippen molar-refractivity contribution in [3.8, 4) is 23.0 Å². The minimum atomic E-state index is -1.22. The fraction of sp³-hybridized carbons (Fsp3) is 0.821. The molecule has 0 aliphatic rings. The maximum Gasteiger partial charge on any atom is 0.343 e. The summed E-state index contributed by atoms with van der Waals surface area (Å²) in [5.41, 5.74) is 0.531. The average molecular weight is 635 g/mol. The predicted molar refractivity (Wildman–Crippen MR) is 189 cm³/mol. The zero-order valence-electron chi connectivity index (χ0n) is 29.8. The first-order chi connectivity index (χ1) is 22.0. The molecule has 6 nitrogen and oxygen atoms in total. The number of phenols is 1. The summed E-state index contributed by atoms with van der Waals surface area (Å²) >= 11 is 0. The van der Waals surface area contributed by atoms with Crippen molar-refractivity contribution in [2.45, 2.75) is 188 Å². The highest BCUT2D eigenvalue weighted by Gasteiger charge is 2.31. The molecule has 0 bridgehead atoms. The first-order valence-electron chi connectivity index (χ1n) is 19.1. The number of unbranched alkanes of at least 4 members (excludes halogenated alkanes) is 20. The molecule has 0 heterocycles. The van der Waals surface area contributed by atoms with E-state index >= 15 is 0 Å². The molecule has 0 saturated carbocycles. The number of hydrogen-bond acceptors (Lipinski definition) is 5. The Bertz CT molecular complexity index is 868. The summed E-state index contributed by atoms with van der Waals surface area (Å²) in [5.74, 6) is -0.623. The molecule has 0 aromatic heterocycles. The van der Waals surface area contributed by atoms with E-state index in [1.165, 1.54) is 83.5 Å². The smallest absolute Gasteiger partial charge is 0.343 e. The Kier molecular flexibility index (Phi) is 25.6. The first-order valence-corrected chi connectivity index (χ1v) is 19.1. The Labute approximate surface area is 277 Å². The zero-order valence-corrected chi connectivity index (χ0v) is 29.8. The summed E-state index contributed by atoms with van der Waals surface area (Å²) in [6.45, 7) is 10.2. The van der Waals surface area contributed by atoms with Crippen LogP contribution in [0.1, 0.15) is 198 Å². The van der Waals surface area contributed by atoms with Crippen molar-refractivity contribution >= 4 is 5.97 Å². The first kappa shape index (κ1) is 40.9. The van der Waals surface area contributed by atoms with E-state index < -0.39 is 5.97 Å². The van der Waals surface area contributed by atoms with E-state index in [2.05, 4.69) is 27.7 Å². The van der Waals surface area contributed by atoms with Gasteiger partial charge in [-0.2, -0.15) is 0 Å². The van der Waals surface area contributed by atoms with E-state index in [1.807, 2.05) is 0 Å². The number of aromatic hydroxyl groups is 1. The number of ether oxygens (including phenoxy) is 3. The standard InChI is InChI=1S/C39H70O6/c1-5-9-13-17-19-23-27-31-44-37-33(29-25-21-15-11-7-3)36(43-30-26-22-16-12-8-4)35(40)34(39(41)42)38(37)45-32-28-24-20-18-14-10-6-2/h40H,5-32H2,1-4H3,(H,41,42). The second-order valence-electron chi connectivity index (χ2n) is 12.9. The molecule has 0 spiro atoms. The van der Waals surface area contributed by atoms with Gasteiger partial charge in [0.15, 0.2) is 28.6 Å². The normalized spacial score (nSPS) is 11.2. The molecule has 0 amide bonds. The van der Waals surface area contributed by atoms with E-state index in [0.29, 0.717) is 32.0 Å². The van der Waals surface area contributed by atoms with E-state index in [9.17, 15) is 15.0 Å². The Morgan fingerprint density at radius 2 is 0.800 bits per heavy atom. The fourth-order valence-electron chi connectivity index (χ4n) is 5.84. The summed E-state index contributed by atoms with van der Waals surface area (Å²) in [6.07, 6.45) is 27.8. The van der Waals surface area contributed by atoms with Crippen molar-refractivity contribution in [3.63, 3.8) is 0 Å². The highest BCUT2D eigenvalue weighted by molar-refractivity contribution is 5.97. The molecule has 262 valence electrons. The second-order valence-corrected chi connectivity index (χ2v) is 12.9. The van der Waals surface area contributed by atoms with Gasteiger partial charge in [0.25, 0.3) is 0 Å². The number of carbonyl (C=O) groups is 1. The van der Waals surface area contributed by atoms with Gasteiger partial charge in [0.1, 0.15) is 0 Å². The molecule has 1 aromatic carbocycles. The van der Waals surface area contributed by atoms with Gasteiger partial charge >= 0.3 is 5.97 Å². The van der Waals surface area contributed by atoms with E-state index in [4.69, 9.17) is 14.2 Å². The van der Waals surface area contributed by atoms with Gasteiger partial charge in [-0.05, 0) is 32.1 Å². The van der Waals surface area contributed by atoms with Gasteiger partial charge in [-0.15, -0.1) is 0 Å². The van der Waals surface area contributed by atoms with Crippen molar-refractivity contribution < 1.29 is 29.2 Å².